The molecule has 1 heterocycles. The summed E-state index contributed by atoms with van der Waals surface area (Å²) >= 11 is 3.46. The Morgan fingerprint density at radius 3 is 2.76 bits per heavy atom. The van der Waals surface area contributed by atoms with Crippen molar-refractivity contribution in [1.29, 1.82) is 0 Å². The van der Waals surface area contributed by atoms with Gasteiger partial charge in [0.15, 0.2) is 5.84 Å². The zero-order valence-electron chi connectivity index (χ0n) is 11.7. The van der Waals surface area contributed by atoms with Crippen LogP contribution in [0.15, 0.2) is 52.2 Å². The largest absolute Gasteiger partial charge is 0.409 e. The first-order valence-corrected chi connectivity index (χ1v) is 7.38. The SMILES string of the molecule is CCN(Cc1ccccn1)c1cccc(Br)c1/C(N)=N/O. The molecule has 0 fully saturated rings. The zero-order chi connectivity index (χ0) is 15.2. The summed E-state index contributed by atoms with van der Waals surface area (Å²) in [6.45, 7) is 3.48. The van der Waals surface area contributed by atoms with Gasteiger partial charge in [-0.25, -0.2) is 0 Å². The summed E-state index contributed by atoms with van der Waals surface area (Å²) in [5.41, 5.74) is 8.35. The minimum absolute atomic E-state index is 0.0805. The Bertz CT molecular complexity index is 631. The predicted octanol–water partition coefficient (Wildman–Crippen LogP) is 2.97. The van der Waals surface area contributed by atoms with Gasteiger partial charge < -0.3 is 15.8 Å². The summed E-state index contributed by atoms with van der Waals surface area (Å²) in [7, 11) is 0. The normalized spacial score (nSPS) is 11.4. The molecular formula is C15H17BrN4O. The van der Waals surface area contributed by atoms with Gasteiger partial charge >= 0.3 is 0 Å². The van der Waals surface area contributed by atoms with Crippen LogP contribution in [-0.4, -0.2) is 22.6 Å². The zero-order valence-corrected chi connectivity index (χ0v) is 13.3. The molecule has 1 aromatic carbocycles. The second kappa shape index (κ2) is 7.08. The maximum absolute atomic E-state index is 8.99. The van der Waals surface area contributed by atoms with E-state index in [2.05, 4.69) is 37.9 Å². The van der Waals surface area contributed by atoms with Crippen LogP contribution < -0.4 is 10.6 Å². The molecule has 0 aliphatic rings. The molecule has 2 aromatic rings. The topological polar surface area (TPSA) is 74.7 Å². The third kappa shape index (κ3) is 3.52. The molecule has 6 heteroatoms. The van der Waals surface area contributed by atoms with E-state index in [-0.39, 0.29) is 5.84 Å². The van der Waals surface area contributed by atoms with Gasteiger partial charge in [-0.3, -0.25) is 4.98 Å². The van der Waals surface area contributed by atoms with Crippen LogP contribution in [0.4, 0.5) is 5.69 Å². The molecule has 0 aliphatic heterocycles. The Morgan fingerprint density at radius 1 is 1.33 bits per heavy atom. The Morgan fingerprint density at radius 2 is 2.14 bits per heavy atom. The molecule has 2 rings (SSSR count). The third-order valence-corrected chi connectivity index (χ3v) is 3.82. The number of benzene rings is 1. The van der Waals surface area contributed by atoms with Crippen molar-refractivity contribution in [2.24, 2.45) is 10.9 Å². The molecule has 0 radical (unpaired) electrons. The van der Waals surface area contributed by atoms with Gasteiger partial charge in [0.25, 0.3) is 0 Å². The number of halogens is 1. The van der Waals surface area contributed by atoms with Gasteiger partial charge in [-0.05, 0) is 47.1 Å². The van der Waals surface area contributed by atoms with Crippen molar-refractivity contribution in [2.45, 2.75) is 13.5 Å². The van der Waals surface area contributed by atoms with Gasteiger partial charge in [0.1, 0.15) is 0 Å². The Balaban J connectivity index is 2.41. The highest BCUT2D eigenvalue weighted by Crippen LogP contribution is 2.28. The van der Waals surface area contributed by atoms with Crippen LogP contribution in [0.5, 0.6) is 0 Å². The number of amidine groups is 1. The van der Waals surface area contributed by atoms with E-state index >= 15 is 0 Å². The molecule has 5 nitrogen and oxygen atoms in total. The summed E-state index contributed by atoms with van der Waals surface area (Å²) in [4.78, 5) is 6.47. The maximum Gasteiger partial charge on any atom is 0.173 e. The molecule has 0 unspecified atom stereocenters. The quantitative estimate of drug-likeness (QED) is 0.377. The van der Waals surface area contributed by atoms with Crippen LogP contribution >= 0.6 is 15.9 Å². The molecule has 0 aliphatic carbocycles. The van der Waals surface area contributed by atoms with Crippen molar-refractivity contribution >= 4 is 27.5 Å². The van der Waals surface area contributed by atoms with Gasteiger partial charge in [-0.15, -0.1) is 0 Å². The molecule has 0 bridgehead atoms. The van der Waals surface area contributed by atoms with Crippen LogP contribution in [0.25, 0.3) is 0 Å². The first-order chi connectivity index (χ1) is 10.2. The molecule has 1 aromatic heterocycles. The molecule has 0 spiro atoms. The monoisotopic (exact) mass is 348 g/mol. The lowest BCUT2D eigenvalue weighted by Gasteiger charge is -2.25. The highest BCUT2D eigenvalue weighted by Gasteiger charge is 2.16. The lowest BCUT2D eigenvalue weighted by molar-refractivity contribution is 0.318. The summed E-state index contributed by atoms with van der Waals surface area (Å²) in [5.74, 6) is 0.0805. The van der Waals surface area contributed by atoms with Crippen LogP contribution in [0.2, 0.25) is 0 Å². The van der Waals surface area contributed by atoms with Crippen molar-refractivity contribution in [3.8, 4) is 0 Å². The highest BCUT2D eigenvalue weighted by atomic mass is 79.9. The van der Waals surface area contributed by atoms with Crippen molar-refractivity contribution < 1.29 is 5.21 Å². The average molecular weight is 349 g/mol. The van der Waals surface area contributed by atoms with E-state index in [9.17, 15) is 0 Å². The number of nitrogens with zero attached hydrogens (tertiary/aromatic N) is 3. The van der Waals surface area contributed by atoms with Gasteiger partial charge in [-0.2, -0.15) is 0 Å². The van der Waals surface area contributed by atoms with Gasteiger partial charge in [0.2, 0.25) is 0 Å². The number of hydrogen-bond acceptors (Lipinski definition) is 4. The predicted molar refractivity (Wildman–Crippen MR) is 87.6 cm³/mol. The Labute approximate surface area is 132 Å². The van der Waals surface area contributed by atoms with Crippen molar-refractivity contribution in [2.75, 3.05) is 11.4 Å². The molecule has 0 saturated carbocycles. The van der Waals surface area contributed by atoms with E-state index in [0.29, 0.717) is 12.1 Å². The highest BCUT2D eigenvalue weighted by molar-refractivity contribution is 9.10. The Hall–Kier alpha value is -2.08. The minimum Gasteiger partial charge on any atom is -0.409 e. The molecule has 3 N–H and O–H groups in total. The molecule has 0 amide bonds. The van der Waals surface area contributed by atoms with Crippen molar-refractivity contribution in [3.63, 3.8) is 0 Å². The van der Waals surface area contributed by atoms with Crippen molar-refractivity contribution in [1.82, 2.24) is 4.98 Å². The lowest BCUT2D eigenvalue weighted by atomic mass is 10.1. The maximum atomic E-state index is 8.99. The van der Waals surface area contributed by atoms with E-state index < -0.39 is 0 Å². The minimum atomic E-state index is 0.0805. The number of anilines is 1. The van der Waals surface area contributed by atoms with Crippen LogP contribution in [0.1, 0.15) is 18.2 Å². The number of hydrogen-bond donors (Lipinski definition) is 2. The van der Waals surface area contributed by atoms with Gasteiger partial charge in [0.05, 0.1) is 17.8 Å². The molecule has 21 heavy (non-hydrogen) atoms. The second-order valence-corrected chi connectivity index (χ2v) is 5.31. The molecular weight excluding hydrogens is 332 g/mol. The first kappa shape index (κ1) is 15.3. The van der Waals surface area contributed by atoms with E-state index in [1.165, 1.54) is 0 Å². The lowest BCUT2D eigenvalue weighted by Crippen LogP contribution is -2.26. The number of rotatable bonds is 5. The summed E-state index contributed by atoms with van der Waals surface area (Å²) in [6.07, 6.45) is 1.77. The number of pyridine rings is 1. The van der Waals surface area contributed by atoms with E-state index in [4.69, 9.17) is 10.9 Å². The van der Waals surface area contributed by atoms with Gasteiger partial charge in [-0.1, -0.05) is 17.3 Å². The van der Waals surface area contributed by atoms with Crippen LogP contribution in [0, 0.1) is 0 Å². The number of oxime groups is 1. The molecule has 0 atom stereocenters. The summed E-state index contributed by atoms with van der Waals surface area (Å²) in [5, 5.41) is 12.1. The van der Waals surface area contributed by atoms with Crippen molar-refractivity contribution in [3.05, 3.63) is 58.3 Å². The number of aromatic nitrogens is 1. The fraction of sp³-hybridized carbons (Fsp3) is 0.200. The number of nitrogens with two attached hydrogens (primary N) is 1. The molecule has 0 saturated heterocycles. The standard InChI is InChI=1S/C15H17BrN4O/c1-2-20(10-11-6-3-4-9-18-11)13-8-5-7-12(16)14(13)15(17)19-21/h3-9,21H,2,10H2,1H3,(H2,17,19). The summed E-state index contributed by atoms with van der Waals surface area (Å²) in [6, 6.07) is 11.6. The Kier molecular flexibility index (Phi) is 5.16. The van der Waals surface area contributed by atoms with E-state index in [1.54, 1.807) is 6.20 Å². The fourth-order valence-corrected chi connectivity index (χ4v) is 2.69. The third-order valence-electron chi connectivity index (χ3n) is 3.16. The van der Waals surface area contributed by atoms with Crippen LogP contribution in [0.3, 0.4) is 0 Å². The molecule has 110 valence electrons. The second-order valence-electron chi connectivity index (χ2n) is 4.45. The smallest absolute Gasteiger partial charge is 0.173 e. The van der Waals surface area contributed by atoms with E-state index in [1.807, 2.05) is 36.4 Å². The average Bonchev–Trinajstić information content (AvgIpc) is 2.52. The fourth-order valence-electron chi connectivity index (χ4n) is 2.13. The van der Waals surface area contributed by atoms with E-state index in [0.717, 1.165) is 22.4 Å². The summed E-state index contributed by atoms with van der Waals surface area (Å²) < 4.78 is 0.787. The van der Waals surface area contributed by atoms with Crippen LogP contribution in [-0.2, 0) is 6.54 Å². The first-order valence-electron chi connectivity index (χ1n) is 6.58. The van der Waals surface area contributed by atoms with Gasteiger partial charge in [0, 0.05) is 22.9 Å².